The van der Waals surface area contributed by atoms with Crippen LogP contribution in [0.1, 0.15) is 43.6 Å². The Morgan fingerprint density at radius 1 is 0.931 bits per heavy atom. The van der Waals surface area contributed by atoms with Crippen LogP contribution in [-0.4, -0.2) is 46.4 Å². The molecule has 2 N–H and O–H groups in total. The molecule has 1 fully saturated rings. The quantitative estimate of drug-likeness (QED) is 0.603. The largest absolute Gasteiger partial charge is 0.317 e. The molecule has 0 unspecified atom stereocenters. The SMILES string of the molecule is CCCC[C@H](c1nnnn1Cc1ccccc1)[NH+]1CC[NH+](c2ccccc2)CC1. The van der Waals surface area contributed by atoms with E-state index >= 15 is 0 Å². The normalized spacial score (nSPS) is 20.4. The Bertz CT molecular complexity index is 855. The molecule has 6 heteroatoms. The molecule has 1 saturated heterocycles. The minimum Gasteiger partial charge on any atom is -0.317 e. The fourth-order valence-corrected chi connectivity index (χ4v) is 4.44. The molecular formula is C23H32N6+2. The highest BCUT2D eigenvalue weighted by Gasteiger charge is 2.34. The lowest BCUT2D eigenvalue weighted by molar-refractivity contribution is -1.01. The molecule has 2 heterocycles. The van der Waals surface area contributed by atoms with E-state index in [2.05, 4.69) is 77.0 Å². The molecule has 1 atom stereocenters. The molecule has 0 bridgehead atoms. The zero-order valence-corrected chi connectivity index (χ0v) is 17.3. The summed E-state index contributed by atoms with van der Waals surface area (Å²) in [6.07, 6.45) is 3.55. The van der Waals surface area contributed by atoms with Crippen LogP contribution in [0.15, 0.2) is 60.7 Å². The van der Waals surface area contributed by atoms with E-state index in [1.54, 1.807) is 9.80 Å². The van der Waals surface area contributed by atoms with E-state index in [1.165, 1.54) is 24.1 Å². The lowest BCUT2D eigenvalue weighted by atomic mass is 10.1. The Labute approximate surface area is 173 Å². The molecule has 0 saturated carbocycles. The number of rotatable bonds is 8. The number of piperazine rings is 1. The van der Waals surface area contributed by atoms with E-state index in [0.717, 1.165) is 45.0 Å². The maximum Gasteiger partial charge on any atom is 0.209 e. The summed E-state index contributed by atoms with van der Waals surface area (Å²) < 4.78 is 2.01. The summed E-state index contributed by atoms with van der Waals surface area (Å²) in [7, 11) is 0. The third-order valence-electron chi connectivity index (χ3n) is 6.06. The van der Waals surface area contributed by atoms with Gasteiger partial charge in [-0.15, -0.1) is 5.10 Å². The number of nitrogens with one attached hydrogen (secondary N) is 2. The summed E-state index contributed by atoms with van der Waals surface area (Å²) in [6, 6.07) is 21.7. The maximum atomic E-state index is 4.49. The van der Waals surface area contributed by atoms with Gasteiger partial charge in [0.25, 0.3) is 0 Å². The van der Waals surface area contributed by atoms with Crippen molar-refractivity contribution in [2.24, 2.45) is 0 Å². The Kier molecular flexibility index (Phi) is 6.64. The van der Waals surface area contributed by atoms with Crippen molar-refractivity contribution in [1.29, 1.82) is 0 Å². The van der Waals surface area contributed by atoms with Gasteiger partial charge in [0.2, 0.25) is 5.82 Å². The zero-order valence-electron chi connectivity index (χ0n) is 17.3. The summed E-state index contributed by atoms with van der Waals surface area (Å²) >= 11 is 0. The van der Waals surface area contributed by atoms with Crippen LogP contribution < -0.4 is 9.80 Å². The van der Waals surface area contributed by atoms with Crippen molar-refractivity contribution in [2.75, 3.05) is 26.2 Å². The molecule has 0 aliphatic carbocycles. The van der Waals surface area contributed by atoms with Crippen LogP contribution >= 0.6 is 0 Å². The van der Waals surface area contributed by atoms with Crippen molar-refractivity contribution >= 4 is 5.69 Å². The Hall–Kier alpha value is -2.57. The number of para-hydroxylation sites is 1. The van der Waals surface area contributed by atoms with Gasteiger partial charge < -0.3 is 4.90 Å². The van der Waals surface area contributed by atoms with Crippen molar-refractivity contribution in [3.05, 3.63) is 72.1 Å². The van der Waals surface area contributed by atoms with Crippen LogP contribution in [0.5, 0.6) is 0 Å². The van der Waals surface area contributed by atoms with Crippen LogP contribution in [0.25, 0.3) is 0 Å². The third kappa shape index (κ3) is 4.89. The van der Waals surface area contributed by atoms with Crippen molar-refractivity contribution in [3.8, 4) is 0 Å². The predicted molar refractivity (Wildman–Crippen MR) is 113 cm³/mol. The van der Waals surface area contributed by atoms with Gasteiger partial charge in [0.1, 0.15) is 37.9 Å². The second kappa shape index (κ2) is 9.76. The average molecular weight is 393 g/mol. The van der Waals surface area contributed by atoms with Gasteiger partial charge in [-0.2, -0.15) is 0 Å². The first-order chi connectivity index (χ1) is 14.3. The number of unbranched alkanes of at least 4 members (excludes halogenated alkanes) is 1. The highest BCUT2D eigenvalue weighted by molar-refractivity contribution is 5.27. The molecule has 2 aromatic carbocycles. The molecule has 6 nitrogen and oxygen atoms in total. The molecule has 1 aliphatic heterocycles. The molecule has 4 rings (SSSR count). The van der Waals surface area contributed by atoms with Crippen molar-refractivity contribution in [2.45, 2.75) is 38.8 Å². The van der Waals surface area contributed by atoms with Crippen LogP contribution in [0.2, 0.25) is 0 Å². The van der Waals surface area contributed by atoms with Crippen LogP contribution in [0.4, 0.5) is 5.69 Å². The summed E-state index contributed by atoms with van der Waals surface area (Å²) in [5.41, 5.74) is 2.65. The number of benzene rings is 2. The van der Waals surface area contributed by atoms with E-state index in [1.807, 2.05) is 10.7 Å². The molecular weight excluding hydrogens is 360 g/mol. The average Bonchev–Trinajstić information content (AvgIpc) is 3.23. The topological polar surface area (TPSA) is 52.5 Å². The number of quaternary nitrogens is 2. The van der Waals surface area contributed by atoms with E-state index in [0.29, 0.717) is 6.04 Å². The minimum atomic E-state index is 0.367. The molecule has 3 aromatic rings. The second-order valence-corrected chi connectivity index (χ2v) is 8.00. The summed E-state index contributed by atoms with van der Waals surface area (Å²) in [5.74, 6) is 1.04. The second-order valence-electron chi connectivity index (χ2n) is 8.00. The molecule has 1 aromatic heterocycles. The lowest BCUT2D eigenvalue weighted by Gasteiger charge is -2.34. The highest BCUT2D eigenvalue weighted by atomic mass is 15.6. The van der Waals surface area contributed by atoms with Gasteiger partial charge in [0.05, 0.1) is 6.54 Å². The molecule has 29 heavy (non-hydrogen) atoms. The fraction of sp³-hybridized carbons (Fsp3) is 0.435. The van der Waals surface area contributed by atoms with Crippen LogP contribution in [-0.2, 0) is 6.54 Å². The van der Waals surface area contributed by atoms with Gasteiger partial charge in [0.15, 0.2) is 0 Å². The number of hydrogen-bond donors (Lipinski definition) is 2. The van der Waals surface area contributed by atoms with Crippen LogP contribution in [0, 0.1) is 0 Å². The number of hydrogen-bond acceptors (Lipinski definition) is 3. The first kappa shape index (κ1) is 19.7. The lowest BCUT2D eigenvalue weighted by Crippen LogP contribution is -3.26. The van der Waals surface area contributed by atoms with Gasteiger partial charge >= 0.3 is 0 Å². The molecule has 1 aliphatic rings. The van der Waals surface area contributed by atoms with Crippen molar-refractivity contribution in [3.63, 3.8) is 0 Å². The maximum absolute atomic E-state index is 4.49. The Morgan fingerprint density at radius 3 is 2.31 bits per heavy atom. The Morgan fingerprint density at radius 2 is 1.62 bits per heavy atom. The Balaban J connectivity index is 1.48. The summed E-state index contributed by atoms with van der Waals surface area (Å²) in [5, 5.41) is 12.9. The van der Waals surface area contributed by atoms with Gasteiger partial charge in [0, 0.05) is 6.42 Å². The standard InChI is InChI=1S/C23H30N6/c1-2-3-14-22(23-24-25-26-29(23)19-20-10-6-4-7-11-20)28-17-15-27(16-18-28)21-12-8-5-9-13-21/h4-13,22H,2-3,14-19H2,1H3/p+2/t22-/m1/s1. The zero-order chi connectivity index (χ0) is 19.9. The number of nitrogens with zero attached hydrogens (tertiary/aromatic N) is 4. The minimum absolute atomic E-state index is 0.367. The summed E-state index contributed by atoms with van der Waals surface area (Å²) in [4.78, 5) is 3.22. The molecule has 0 radical (unpaired) electrons. The predicted octanol–water partition coefficient (Wildman–Crippen LogP) is 1.07. The van der Waals surface area contributed by atoms with Crippen molar-refractivity contribution < 1.29 is 9.80 Å². The monoisotopic (exact) mass is 392 g/mol. The fourth-order valence-electron chi connectivity index (χ4n) is 4.44. The van der Waals surface area contributed by atoms with E-state index in [-0.39, 0.29) is 0 Å². The van der Waals surface area contributed by atoms with E-state index < -0.39 is 0 Å². The van der Waals surface area contributed by atoms with Crippen molar-refractivity contribution in [1.82, 2.24) is 20.2 Å². The number of aromatic nitrogens is 4. The molecule has 0 amide bonds. The van der Waals surface area contributed by atoms with Gasteiger partial charge in [-0.1, -0.05) is 61.9 Å². The van der Waals surface area contributed by atoms with E-state index in [9.17, 15) is 0 Å². The number of tetrazole rings is 1. The first-order valence-electron chi connectivity index (χ1n) is 10.9. The third-order valence-corrected chi connectivity index (χ3v) is 6.06. The van der Waals surface area contributed by atoms with Gasteiger partial charge in [-0.25, -0.2) is 4.68 Å². The first-order valence-corrected chi connectivity index (χ1v) is 10.9. The van der Waals surface area contributed by atoms with Crippen LogP contribution in [0.3, 0.4) is 0 Å². The van der Waals surface area contributed by atoms with E-state index in [4.69, 9.17) is 0 Å². The molecule has 0 spiro atoms. The van der Waals surface area contributed by atoms with Gasteiger partial charge in [-0.3, -0.25) is 4.90 Å². The molecule has 152 valence electrons. The highest BCUT2D eigenvalue weighted by Crippen LogP contribution is 2.15. The smallest absolute Gasteiger partial charge is 0.209 e. The van der Waals surface area contributed by atoms with Gasteiger partial charge in [-0.05, 0) is 34.5 Å². The summed E-state index contributed by atoms with van der Waals surface area (Å²) in [6.45, 7) is 7.61.